The average molecular weight is 568 g/mol. The summed E-state index contributed by atoms with van der Waals surface area (Å²) in [5.74, 6) is 0.452. The fourth-order valence-corrected chi connectivity index (χ4v) is 6.78. The number of para-hydroxylation sites is 1. The molecule has 0 aliphatic rings. The van der Waals surface area contributed by atoms with Gasteiger partial charge in [0.15, 0.2) is 0 Å². The fraction of sp³-hybridized carbons (Fsp3) is 0.0732. The van der Waals surface area contributed by atoms with E-state index in [9.17, 15) is 0 Å². The molecule has 2 aromatic heterocycles. The summed E-state index contributed by atoms with van der Waals surface area (Å²) in [4.78, 5) is 2.34. The van der Waals surface area contributed by atoms with Gasteiger partial charge in [0, 0.05) is 50.4 Å². The molecule has 0 spiro atoms. The third kappa shape index (κ3) is 3.76. The van der Waals surface area contributed by atoms with E-state index < -0.39 is 0 Å². The maximum atomic E-state index is 6.47. The van der Waals surface area contributed by atoms with Crippen LogP contribution in [0.2, 0.25) is 0 Å². The molecule has 0 amide bonds. The van der Waals surface area contributed by atoms with E-state index in [2.05, 4.69) is 140 Å². The molecule has 0 bridgehead atoms. The van der Waals surface area contributed by atoms with Crippen LogP contribution in [0, 0.1) is 0 Å². The lowest BCUT2D eigenvalue weighted by molar-refractivity contribution is 0.668. The van der Waals surface area contributed by atoms with Crippen LogP contribution in [-0.2, 0) is 0 Å². The summed E-state index contributed by atoms with van der Waals surface area (Å²) in [5.41, 5.74) is 8.01. The van der Waals surface area contributed by atoms with Crippen LogP contribution < -0.4 is 4.90 Å². The number of fused-ring (bicyclic) bond motifs is 9. The zero-order valence-corrected chi connectivity index (χ0v) is 24.5. The monoisotopic (exact) mass is 567 g/mol. The van der Waals surface area contributed by atoms with Crippen LogP contribution in [0.3, 0.4) is 0 Å². The summed E-state index contributed by atoms with van der Waals surface area (Å²) in [6.07, 6.45) is 0. The summed E-state index contributed by atoms with van der Waals surface area (Å²) < 4.78 is 12.8. The van der Waals surface area contributed by atoms with Gasteiger partial charge in [-0.05, 0) is 76.2 Å². The normalized spacial score (nSPS) is 12.1. The number of rotatable bonds is 4. The minimum atomic E-state index is 0.452. The standard InChI is InChI=1S/C41H29NO2/c1-25(2)26-15-20-39-36(21-26)35-19-17-29(24-41(35)44-39)42(28-16-18-34-33-13-7-8-14-38(33)43-40(34)23-28)37-22-27-9-3-4-10-30(27)31-11-5-6-12-32(31)37/h3-25H,1-2H3. The molecule has 0 aliphatic carbocycles. The second-order valence-electron chi connectivity index (χ2n) is 12.0. The van der Waals surface area contributed by atoms with Crippen molar-refractivity contribution in [2.45, 2.75) is 19.8 Å². The molecule has 0 fully saturated rings. The molecule has 0 saturated heterocycles. The van der Waals surface area contributed by atoms with Crippen molar-refractivity contribution in [2.75, 3.05) is 4.90 Å². The van der Waals surface area contributed by atoms with Gasteiger partial charge in [-0.15, -0.1) is 0 Å². The van der Waals surface area contributed by atoms with E-state index in [0.717, 1.165) is 60.9 Å². The number of nitrogens with zero attached hydrogens (tertiary/aromatic N) is 1. The largest absolute Gasteiger partial charge is 0.456 e. The second kappa shape index (κ2) is 9.48. The van der Waals surface area contributed by atoms with Gasteiger partial charge in [-0.1, -0.05) is 86.6 Å². The molecule has 0 radical (unpaired) electrons. The quantitative estimate of drug-likeness (QED) is 0.198. The number of anilines is 3. The van der Waals surface area contributed by atoms with Crippen LogP contribution in [0.1, 0.15) is 25.3 Å². The fourth-order valence-electron chi connectivity index (χ4n) is 6.78. The van der Waals surface area contributed by atoms with Crippen molar-refractivity contribution in [3.05, 3.63) is 139 Å². The number of hydrogen-bond donors (Lipinski definition) is 0. The van der Waals surface area contributed by atoms with Crippen molar-refractivity contribution in [2.24, 2.45) is 0 Å². The predicted octanol–water partition coefficient (Wildman–Crippen LogP) is 12.4. The van der Waals surface area contributed by atoms with E-state index in [0.29, 0.717) is 5.92 Å². The van der Waals surface area contributed by atoms with E-state index in [1.807, 2.05) is 12.1 Å². The van der Waals surface area contributed by atoms with Gasteiger partial charge in [-0.25, -0.2) is 0 Å². The predicted molar refractivity (Wildman–Crippen MR) is 185 cm³/mol. The second-order valence-corrected chi connectivity index (χ2v) is 12.0. The molecule has 210 valence electrons. The highest BCUT2D eigenvalue weighted by Crippen LogP contribution is 2.45. The van der Waals surface area contributed by atoms with Gasteiger partial charge >= 0.3 is 0 Å². The summed E-state index contributed by atoms with van der Waals surface area (Å²) in [6, 6.07) is 47.5. The number of furan rings is 2. The van der Waals surface area contributed by atoms with Crippen molar-refractivity contribution in [3.63, 3.8) is 0 Å². The molecule has 0 unspecified atom stereocenters. The molecule has 9 rings (SSSR count). The maximum Gasteiger partial charge on any atom is 0.137 e. The van der Waals surface area contributed by atoms with Crippen molar-refractivity contribution in [1.82, 2.24) is 0 Å². The molecule has 0 saturated carbocycles. The van der Waals surface area contributed by atoms with Crippen LogP contribution in [0.4, 0.5) is 17.1 Å². The maximum absolute atomic E-state index is 6.47. The van der Waals surface area contributed by atoms with Crippen LogP contribution in [0.15, 0.2) is 142 Å². The Morgan fingerprint density at radius 2 is 1.00 bits per heavy atom. The number of benzene rings is 7. The Kier molecular flexibility index (Phi) is 5.39. The van der Waals surface area contributed by atoms with Crippen LogP contribution in [0.25, 0.3) is 65.4 Å². The third-order valence-electron chi connectivity index (χ3n) is 9.01. The Labute approximate surface area is 254 Å². The Balaban J connectivity index is 1.33. The molecule has 44 heavy (non-hydrogen) atoms. The lowest BCUT2D eigenvalue weighted by Crippen LogP contribution is -2.10. The zero-order chi connectivity index (χ0) is 29.4. The van der Waals surface area contributed by atoms with Gasteiger partial charge in [0.2, 0.25) is 0 Å². The Morgan fingerprint density at radius 1 is 0.432 bits per heavy atom. The van der Waals surface area contributed by atoms with E-state index in [1.54, 1.807) is 0 Å². The summed E-state index contributed by atoms with van der Waals surface area (Å²) in [6.45, 7) is 4.46. The topological polar surface area (TPSA) is 29.5 Å². The summed E-state index contributed by atoms with van der Waals surface area (Å²) in [5, 5.41) is 9.37. The molecule has 0 N–H and O–H groups in total. The van der Waals surface area contributed by atoms with Gasteiger partial charge in [0.05, 0.1) is 5.69 Å². The Bertz CT molecular complexity index is 2550. The lowest BCUT2D eigenvalue weighted by Gasteiger charge is -2.27. The summed E-state index contributed by atoms with van der Waals surface area (Å²) in [7, 11) is 0. The van der Waals surface area contributed by atoms with Crippen LogP contribution in [0.5, 0.6) is 0 Å². The average Bonchev–Trinajstić information content (AvgIpc) is 3.62. The molecule has 3 nitrogen and oxygen atoms in total. The lowest BCUT2D eigenvalue weighted by atomic mass is 9.98. The molecule has 2 heterocycles. The van der Waals surface area contributed by atoms with Gasteiger partial charge < -0.3 is 13.7 Å². The van der Waals surface area contributed by atoms with Gasteiger partial charge in [0.25, 0.3) is 0 Å². The molecule has 7 aromatic carbocycles. The molecular formula is C41H29NO2. The Hall–Kier alpha value is -5.54. The van der Waals surface area contributed by atoms with Gasteiger partial charge in [-0.3, -0.25) is 0 Å². The Morgan fingerprint density at radius 3 is 1.73 bits per heavy atom. The van der Waals surface area contributed by atoms with E-state index in [4.69, 9.17) is 8.83 Å². The number of hydrogen-bond acceptors (Lipinski definition) is 3. The highest BCUT2D eigenvalue weighted by atomic mass is 16.3. The minimum Gasteiger partial charge on any atom is -0.456 e. The molecule has 9 aromatic rings. The molecule has 0 aliphatic heterocycles. The minimum absolute atomic E-state index is 0.452. The molecule has 0 atom stereocenters. The SMILES string of the molecule is CC(C)c1ccc2oc3cc(N(c4ccc5c(c4)oc4ccccc45)c4cc5ccccc5c5ccccc45)ccc3c2c1. The molecular weight excluding hydrogens is 538 g/mol. The van der Waals surface area contributed by atoms with Crippen molar-refractivity contribution in [1.29, 1.82) is 0 Å². The van der Waals surface area contributed by atoms with Gasteiger partial charge in [0.1, 0.15) is 22.3 Å². The highest BCUT2D eigenvalue weighted by Gasteiger charge is 2.20. The van der Waals surface area contributed by atoms with E-state index in [1.165, 1.54) is 27.1 Å². The first kappa shape index (κ1) is 25.0. The third-order valence-corrected chi connectivity index (χ3v) is 9.01. The first-order valence-electron chi connectivity index (χ1n) is 15.2. The van der Waals surface area contributed by atoms with E-state index >= 15 is 0 Å². The van der Waals surface area contributed by atoms with Crippen molar-refractivity contribution < 1.29 is 8.83 Å². The first-order valence-corrected chi connectivity index (χ1v) is 15.2. The van der Waals surface area contributed by atoms with E-state index in [-0.39, 0.29) is 0 Å². The van der Waals surface area contributed by atoms with Crippen LogP contribution in [-0.4, -0.2) is 0 Å². The summed E-state index contributed by atoms with van der Waals surface area (Å²) >= 11 is 0. The van der Waals surface area contributed by atoms with Gasteiger partial charge in [-0.2, -0.15) is 0 Å². The first-order chi connectivity index (χ1) is 21.6. The zero-order valence-electron chi connectivity index (χ0n) is 24.5. The highest BCUT2D eigenvalue weighted by molar-refractivity contribution is 6.15. The molecule has 3 heteroatoms. The van der Waals surface area contributed by atoms with Crippen LogP contribution >= 0.6 is 0 Å². The van der Waals surface area contributed by atoms with Crippen molar-refractivity contribution >= 4 is 82.5 Å². The smallest absolute Gasteiger partial charge is 0.137 e. The van der Waals surface area contributed by atoms with Crippen molar-refractivity contribution in [3.8, 4) is 0 Å².